The number of hydrogen-bond acceptors (Lipinski definition) is 9. The van der Waals surface area contributed by atoms with Crippen molar-refractivity contribution in [1.82, 2.24) is 5.32 Å². The Hall–Kier alpha value is -4.25. The molecule has 11 nitrogen and oxygen atoms in total. The number of nitrogens with one attached hydrogen (secondary N) is 1. The van der Waals surface area contributed by atoms with Crippen LogP contribution >= 0.6 is 0 Å². The molecule has 2 aromatic rings. The van der Waals surface area contributed by atoms with E-state index in [0.717, 1.165) is 6.54 Å². The van der Waals surface area contributed by atoms with E-state index in [9.17, 15) is 34.2 Å². The molecule has 0 bridgehead atoms. The molecule has 1 saturated heterocycles. The molecule has 2 aliphatic rings. The third-order valence-electron chi connectivity index (χ3n) is 6.76. The van der Waals surface area contributed by atoms with Crippen LogP contribution in [-0.2, 0) is 28.6 Å². The van der Waals surface area contributed by atoms with E-state index in [4.69, 9.17) is 14.2 Å². The monoisotopic (exact) mass is 527 g/mol. The van der Waals surface area contributed by atoms with E-state index in [2.05, 4.69) is 19.2 Å². The molecule has 202 valence electrons. The molecule has 5 atom stereocenters. The molecule has 2 aromatic carbocycles. The number of rotatable bonds is 8. The van der Waals surface area contributed by atoms with Gasteiger partial charge >= 0.3 is 29.8 Å². The lowest BCUT2D eigenvalue weighted by atomic mass is 10.0. The van der Waals surface area contributed by atoms with Crippen LogP contribution in [0.1, 0.15) is 34.6 Å². The van der Waals surface area contributed by atoms with E-state index in [1.807, 2.05) is 0 Å². The highest BCUT2D eigenvalue weighted by Gasteiger charge is 2.66. The Morgan fingerprint density at radius 3 is 1.55 bits per heavy atom. The number of methoxy groups -OCH3 is 1. The van der Waals surface area contributed by atoms with Crippen molar-refractivity contribution in [2.75, 3.05) is 13.7 Å². The molecule has 38 heavy (non-hydrogen) atoms. The predicted molar refractivity (Wildman–Crippen MR) is 131 cm³/mol. The van der Waals surface area contributed by atoms with Crippen LogP contribution < -0.4 is 5.32 Å². The number of carbonyl (C=O) groups is 5. The first kappa shape index (κ1) is 28.3. The Bertz CT molecular complexity index is 1110. The summed E-state index contributed by atoms with van der Waals surface area (Å²) in [5.41, 5.74) is 0.402. The molecular weight excluding hydrogens is 498 g/mol. The Kier molecular flexibility index (Phi) is 8.84. The fourth-order valence-electron chi connectivity index (χ4n) is 4.57. The number of fused-ring (bicyclic) bond motifs is 1. The Balaban J connectivity index is 0.000000275. The van der Waals surface area contributed by atoms with Gasteiger partial charge in [0.15, 0.2) is 0 Å². The minimum atomic E-state index is -2.21. The smallest absolute Gasteiger partial charge is 0.349 e. The summed E-state index contributed by atoms with van der Waals surface area (Å²) >= 11 is 0. The quantitative estimate of drug-likeness (QED) is 0.339. The van der Waals surface area contributed by atoms with Crippen LogP contribution in [0.25, 0.3) is 0 Å². The molecule has 3 N–H and O–H groups in total. The highest BCUT2D eigenvalue weighted by molar-refractivity contribution is 5.95. The SMILES string of the molecule is COC(=O)[C@@H]1NC[C@@H]2[C@H]1C2(C)C.O=C(O[C@@H](C(=O)O)[C@@H](OC(=O)c1ccccc1)C(=O)O)c1ccccc1. The maximum absolute atomic E-state index is 12.0. The lowest BCUT2D eigenvalue weighted by molar-refractivity contribution is -0.166. The van der Waals surface area contributed by atoms with Gasteiger partial charge in [-0.05, 0) is 48.1 Å². The van der Waals surface area contributed by atoms with Gasteiger partial charge in [0.1, 0.15) is 6.04 Å². The van der Waals surface area contributed by atoms with Crippen LogP contribution in [0, 0.1) is 17.3 Å². The van der Waals surface area contributed by atoms with Crippen LogP contribution in [0.4, 0.5) is 0 Å². The van der Waals surface area contributed by atoms with Crippen molar-refractivity contribution < 1.29 is 48.4 Å². The van der Waals surface area contributed by atoms with E-state index >= 15 is 0 Å². The molecule has 4 rings (SSSR count). The van der Waals surface area contributed by atoms with Gasteiger partial charge in [-0.1, -0.05) is 50.2 Å². The maximum atomic E-state index is 12.0. The summed E-state index contributed by atoms with van der Waals surface area (Å²) < 4.78 is 14.2. The molecular formula is C27H29NO10. The van der Waals surface area contributed by atoms with Gasteiger partial charge in [0.25, 0.3) is 0 Å². The molecule has 1 aliphatic heterocycles. The minimum Gasteiger partial charge on any atom is -0.478 e. The van der Waals surface area contributed by atoms with Crippen molar-refractivity contribution in [3.05, 3.63) is 71.8 Å². The van der Waals surface area contributed by atoms with E-state index in [-0.39, 0.29) is 23.1 Å². The van der Waals surface area contributed by atoms with Gasteiger partial charge in [-0.25, -0.2) is 19.2 Å². The van der Waals surface area contributed by atoms with Gasteiger partial charge in [-0.2, -0.15) is 0 Å². The molecule has 11 heteroatoms. The first-order chi connectivity index (χ1) is 18.0. The third kappa shape index (κ3) is 6.35. The summed E-state index contributed by atoms with van der Waals surface area (Å²) in [7, 11) is 1.45. The second kappa shape index (κ2) is 11.9. The zero-order valence-corrected chi connectivity index (χ0v) is 21.0. The summed E-state index contributed by atoms with van der Waals surface area (Å²) in [5, 5.41) is 21.7. The number of aliphatic carboxylic acids is 2. The van der Waals surface area contributed by atoms with Gasteiger partial charge in [-0.3, -0.25) is 4.79 Å². The lowest BCUT2D eigenvalue weighted by Crippen LogP contribution is -2.45. The van der Waals surface area contributed by atoms with Crippen LogP contribution in [0.5, 0.6) is 0 Å². The van der Waals surface area contributed by atoms with Crippen LogP contribution in [0.2, 0.25) is 0 Å². The largest absolute Gasteiger partial charge is 0.478 e. The first-order valence-electron chi connectivity index (χ1n) is 11.8. The second-order valence-electron chi connectivity index (χ2n) is 9.42. The maximum Gasteiger partial charge on any atom is 0.349 e. The lowest BCUT2D eigenvalue weighted by Gasteiger charge is -2.21. The average Bonchev–Trinajstić information content (AvgIpc) is 3.21. The van der Waals surface area contributed by atoms with E-state index in [0.29, 0.717) is 17.3 Å². The minimum absolute atomic E-state index is 0.0253. The number of carbonyl (C=O) groups excluding carboxylic acids is 3. The Labute approximate surface area is 218 Å². The van der Waals surface area contributed by atoms with E-state index in [1.165, 1.54) is 55.6 Å². The number of hydrogen-bond donors (Lipinski definition) is 3. The summed E-state index contributed by atoms with van der Waals surface area (Å²) in [5.74, 6) is -4.55. The number of piperidine rings is 1. The Morgan fingerprint density at radius 1 is 0.816 bits per heavy atom. The standard InChI is InChI=1S/C18H14O8.C9H15NO2/c19-15(20)13(25-17(23)11-7-3-1-4-8-11)14(16(21)22)26-18(24)12-9-5-2-6-10-12;1-9(2)5-4-10-7(6(5)9)8(11)12-3/h1-10,13-14H,(H,19,20)(H,21,22);5-7,10H,4H2,1-3H3/t13-,14-;5-,6-,7-/m11/s1. The zero-order valence-electron chi connectivity index (χ0n) is 21.0. The summed E-state index contributed by atoms with van der Waals surface area (Å²) in [4.78, 5) is 58.1. The topological polar surface area (TPSA) is 166 Å². The summed E-state index contributed by atoms with van der Waals surface area (Å²) in [6.45, 7) is 5.41. The zero-order chi connectivity index (χ0) is 28.0. The molecule has 0 unspecified atom stereocenters. The fourth-order valence-corrected chi connectivity index (χ4v) is 4.57. The van der Waals surface area contributed by atoms with Crippen molar-refractivity contribution in [1.29, 1.82) is 0 Å². The van der Waals surface area contributed by atoms with Gasteiger partial charge in [0.05, 0.1) is 18.2 Å². The molecule has 0 radical (unpaired) electrons. The molecule has 1 heterocycles. The van der Waals surface area contributed by atoms with E-state index < -0.39 is 36.1 Å². The van der Waals surface area contributed by atoms with Crippen molar-refractivity contribution in [2.24, 2.45) is 17.3 Å². The third-order valence-corrected chi connectivity index (χ3v) is 6.76. The highest BCUT2D eigenvalue weighted by atomic mass is 16.6. The first-order valence-corrected chi connectivity index (χ1v) is 11.8. The molecule has 2 fully saturated rings. The number of esters is 3. The number of benzene rings is 2. The van der Waals surface area contributed by atoms with Crippen molar-refractivity contribution in [3.63, 3.8) is 0 Å². The highest BCUT2D eigenvalue weighted by Crippen LogP contribution is 2.62. The van der Waals surface area contributed by atoms with Crippen molar-refractivity contribution >= 4 is 29.8 Å². The average molecular weight is 528 g/mol. The normalized spacial score (nSPS) is 21.8. The number of ether oxygens (including phenoxy) is 3. The van der Waals surface area contributed by atoms with Crippen LogP contribution in [-0.4, -0.2) is 72.0 Å². The van der Waals surface area contributed by atoms with Gasteiger partial charge in [0, 0.05) is 0 Å². The van der Waals surface area contributed by atoms with E-state index in [1.54, 1.807) is 12.1 Å². The Morgan fingerprint density at radius 2 is 1.24 bits per heavy atom. The molecule has 0 spiro atoms. The van der Waals surface area contributed by atoms with Crippen LogP contribution in [0.3, 0.4) is 0 Å². The summed E-state index contributed by atoms with van der Waals surface area (Å²) in [6, 6.07) is 14.8. The molecule has 0 aromatic heterocycles. The fraction of sp³-hybridized carbons (Fsp3) is 0.370. The molecule has 1 saturated carbocycles. The van der Waals surface area contributed by atoms with Crippen molar-refractivity contribution in [3.8, 4) is 0 Å². The van der Waals surface area contributed by atoms with Gasteiger partial charge in [-0.15, -0.1) is 0 Å². The number of carboxylic acid groups (broad SMARTS) is 2. The summed E-state index contributed by atoms with van der Waals surface area (Å²) in [6.07, 6.45) is -4.43. The second-order valence-corrected chi connectivity index (χ2v) is 9.42. The predicted octanol–water partition coefficient (Wildman–Crippen LogP) is 2.01. The number of carboxylic acids is 2. The molecule has 1 aliphatic carbocycles. The van der Waals surface area contributed by atoms with Crippen molar-refractivity contribution in [2.45, 2.75) is 32.1 Å². The van der Waals surface area contributed by atoms with Gasteiger partial charge < -0.3 is 29.7 Å². The van der Waals surface area contributed by atoms with Gasteiger partial charge in [0.2, 0.25) is 12.2 Å². The molecule has 0 amide bonds. The van der Waals surface area contributed by atoms with Crippen LogP contribution in [0.15, 0.2) is 60.7 Å².